The first-order valence-corrected chi connectivity index (χ1v) is 6.09. The quantitative estimate of drug-likeness (QED) is 0.618. The van der Waals surface area contributed by atoms with Crippen LogP contribution >= 0.6 is 11.3 Å². The van der Waals surface area contributed by atoms with Gasteiger partial charge in [-0.2, -0.15) is 0 Å². The minimum Gasteiger partial charge on any atom is -0.258 e. The van der Waals surface area contributed by atoms with Gasteiger partial charge in [-0.25, -0.2) is 4.98 Å². The maximum atomic E-state index is 10.8. The second-order valence-corrected chi connectivity index (χ2v) is 4.90. The molecule has 1 heterocycles. The smallest absolute Gasteiger partial charge is 0.258 e. The van der Waals surface area contributed by atoms with Crippen molar-refractivity contribution in [2.45, 2.75) is 20.3 Å². The van der Waals surface area contributed by atoms with E-state index >= 15 is 0 Å². The van der Waals surface area contributed by atoms with E-state index in [-0.39, 0.29) is 10.6 Å². The van der Waals surface area contributed by atoms with Gasteiger partial charge in [-0.05, 0) is 31.0 Å². The van der Waals surface area contributed by atoms with Crippen molar-refractivity contribution in [3.8, 4) is 0 Å². The summed E-state index contributed by atoms with van der Waals surface area (Å²) in [5.41, 5.74) is 2.93. The number of hydrogen-bond acceptors (Lipinski definition) is 4. The van der Waals surface area contributed by atoms with E-state index in [2.05, 4.69) is 4.98 Å². The van der Waals surface area contributed by atoms with Crippen LogP contribution in [0, 0.1) is 24.0 Å². The molecule has 2 rings (SSSR count). The van der Waals surface area contributed by atoms with Crippen LogP contribution in [0.15, 0.2) is 23.7 Å². The van der Waals surface area contributed by atoms with Gasteiger partial charge in [0.1, 0.15) is 0 Å². The highest BCUT2D eigenvalue weighted by molar-refractivity contribution is 7.09. The van der Waals surface area contributed by atoms with E-state index in [0.29, 0.717) is 5.56 Å². The van der Waals surface area contributed by atoms with Gasteiger partial charge < -0.3 is 0 Å². The topological polar surface area (TPSA) is 56.0 Å². The van der Waals surface area contributed by atoms with E-state index in [9.17, 15) is 10.1 Å². The van der Waals surface area contributed by atoms with Crippen LogP contribution in [0.1, 0.15) is 21.7 Å². The summed E-state index contributed by atoms with van der Waals surface area (Å²) in [5, 5.41) is 13.8. The van der Waals surface area contributed by atoms with Crippen molar-refractivity contribution >= 4 is 17.0 Å². The molecular formula is C12H12N2O2S. The monoisotopic (exact) mass is 248 g/mol. The molecule has 0 fully saturated rings. The van der Waals surface area contributed by atoms with Gasteiger partial charge in [-0.1, -0.05) is 0 Å². The summed E-state index contributed by atoms with van der Waals surface area (Å²) in [6.45, 7) is 3.66. The van der Waals surface area contributed by atoms with Gasteiger partial charge in [-0.3, -0.25) is 10.1 Å². The summed E-state index contributed by atoms with van der Waals surface area (Å²) in [7, 11) is 0. The zero-order valence-corrected chi connectivity index (χ0v) is 10.5. The highest BCUT2D eigenvalue weighted by Crippen LogP contribution is 2.24. The zero-order valence-electron chi connectivity index (χ0n) is 9.64. The van der Waals surface area contributed by atoms with Crippen molar-refractivity contribution in [2.24, 2.45) is 0 Å². The van der Waals surface area contributed by atoms with E-state index in [1.54, 1.807) is 30.5 Å². The molecule has 4 nitrogen and oxygen atoms in total. The highest BCUT2D eigenvalue weighted by atomic mass is 32.1. The van der Waals surface area contributed by atoms with Crippen LogP contribution in [0.4, 0.5) is 5.69 Å². The van der Waals surface area contributed by atoms with Crippen LogP contribution in [0.3, 0.4) is 0 Å². The molecule has 0 aliphatic rings. The van der Waals surface area contributed by atoms with Gasteiger partial charge in [0.2, 0.25) is 0 Å². The van der Waals surface area contributed by atoms with Crippen LogP contribution < -0.4 is 0 Å². The molecule has 0 aliphatic carbocycles. The molecule has 1 aromatic carbocycles. The Balaban J connectivity index is 2.36. The van der Waals surface area contributed by atoms with Crippen molar-refractivity contribution in [3.05, 3.63) is 55.5 Å². The Kier molecular flexibility index (Phi) is 3.19. The second kappa shape index (κ2) is 4.63. The summed E-state index contributed by atoms with van der Waals surface area (Å²) in [5.74, 6) is 0. The molecule has 0 unspecified atom stereocenters. The number of thiazole rings is 1. The average molecular weight is 248 g/mol. The molecule has 0 amide bonds. The maximum absolute atomic E-state index is 10.8. The molecule has 0 atom stereocenters. The molecule has 2 aromatic rings. The third-order valence-electron chi connectivity index (χ3n) is 2.68. The molecule has 0 saturated carbocycles. The predicted octanol–water partition coefficient (Wildman–Crippen LogP) is 3.26. The van der Waals surface area contributed by atoms with Crippen molar-refractivity contribution < 1.29 is 4.92 Å². The van der Waals surface area contributed by atoms with Crippen LogP contribution in [0.5, 0.6) is 0 Å². The molecule has 0 bridgehead atoms. The number of hydrogen-bond donors (Lipinski definition) is 0. The maximum Gasteiger partial charge on any atom is 0.272 e. The fourth-order valence-corrected chi connectivity index (χ4v) is 2.39. The second-order valence-electron chi connectivity index (χ2n) is 3.92. The zero-order chi connectivity index (χ0) is 12.4. The van der Waals surface area contributed by atoms with Gasteiger partial charge in [0.25, 0.3) is 5.69 Å². The molecule has 0 N–H and O–H groups in total. The summed E-state index contributed by atoms with van der Waals surface area (Å²) in [6, 6.07) is 3.52. The number of nitrogens with zero attached hydrogens (tertiary/aromatic N) is 2. The normalized spacial score (nSPS) is 10.5. The van der Waals surface area contributed by atoms with Crippen molar-refractivity contribution in [3.63, 3.8) is 0 Å². The minimum atomic E-state index is -0.338. The number of rotatable bonds is 3. The van der Waals surface area contributed by atoms with Gasteiger partial charge in [-0.15, -0.1) is 11.3 Å². The minimum absolute atomic E-state index is 0.186. The predicted molar refractivity (Wildman–Crippen MR) is 67.5 cm³/mol. The highest BCUT2D eigenvalue weighted by Gasteiger charge is 2.13. The number of nitro benzene ring substituents is 1. The Morgan fingerprint density at radius 3 is 2.71 bits per heavy atom. The number of aryl methyl sites for hydroxylation is 2. The molecule has 17 heavy (non-hydrogen) atoms. The standard InChI is InChI=1S/C12H12N2O2S/c1-8-6-11(14(15)16)9(2)5-10(8)7-12-13-3-4-17-12/h3-6H,7H2,1-2H3. The number of benzene rings is 1. The Hall–Kier alpha value is -1.75. The Bertz CT molecular complexity index is 550. The van der Waals surface area contributed by atoms with Crippen molar-refractivity contribution in [1.29, 1.82) is 0 Å². The van der Waals surface area contributed by atoms with E-state index in [4.69, 9.17) is 0 Å². The third kappa shape index (κ3) is 2.50. The lowest BCUT2D eigenvalue weighted by Gasteiger charge is -2.06. The van der Waals surface area contributed by atoms with Crippen molar-refractivity contribution in [1.82, 2.24) is 4.98 Å². The Morgan fingerprint density at radius 2 is 2.12 bits per heavy atom. The lowest BCUT2D eigenvalue weighted by Crippen LogP contribution is -1.97. The van der Waals surface area contributed by atoms with Crippen LogP contribution in [-0.2, 0) is 6.42 Å². The fourth-order valence-electron chi connectivity index (χ4n) is 1.75. The van der Waals surface area contributed by atoms with Crippen LogP contribution in [0.2, 0.25) is 0 Å². The van der Waals surface area contributed by atoms with Gasteiger partial charge in [0, 0.05) is 29.6 Å². The summed E-state index contributed by atoms with van der Waals surface area (Å²) >= 11 is 1.60. The SMILES string of the molecule is Cc1cc([N+](=O)[O-])c(C)cc1Cc1nccs1. The molecule has 5 heteroatoms. The van der Waals surface area contributed by atoms with Gasteiger partial charge >= 0.3 is 0 Å². The Morgan fingerprint density at radius 1 is 1.35 bits per heavy atom. The van der Waals surface area contributed by atoms with Gasteiger partial charge in [0.05, 0.1) is 9.93 Å². The first-order chi connectivity index (χ1) is 8.08. The molecule has 0 aliphatic heterocycles. The molecule has 88 valence electrons. The van der Waals surface area contributed by atoms with E-state index in [1.165, 1.54) is 0 Å². The van der Waals surface area contributed by atoms with Crippen molar-refractivity contribution in [2.75, 3.05) is 0 Å². The largest absolute Gasteiger partial charge is 0.272 e. The number of aromatic nitrogens is 1. The van der Waals surface area contributed by atoms with E-state index < -0.39 is 0 Å². The molecule has 0 spiro atoms. The molecule has 0 radical (unpaired) electrons. The van der Waals surface area contributed by atoms with Gasteiger partial charge in [0.15, 0.2) is 0 Å². The fraction of sp³-hybridized carbons (Fsp3) is 0.250. The molecule has 1 aromatic heterocycles. The van der Waals surface area contributed by atoms with E-state index in [0.717, 1.165) is 22.6 Å². The first kappa shape index (κ1) is 11.7. The summed E-state index contributed by atoms with van der Waals surface area (Å²) in [4.78, 5) is 14.7. The number of nitro groups is 1. The summed E-state index contributed by atoms with van der Waals surface area (Å²) < 4.78 is 0. The average Bonchev–Trinajstić information content (AvgIpc) is 2.75. The molecule has 0 saturated heterocycles. The first-order valence-electron chi connectivity index (χ1n) is 5.21. The lowest BCUT2D eigenvalue weighted by molar-refractivity contribution is -0.385. The van der Waals surface area contributed by atoms with E-state index in [1.807, 2.05) is 18.4 Å². The lowest BCUT2D eigenvalue weighted by atomic mass is 10.0. The Labute approximate surface area is 103 Å². The van der Waals surface area contributed by atoms with Crippen LogP contribution in [-0.4, -0.2) is 9.91 Å². The van der Waals surface area contributed by atoms with Crippen LogP contribution in [0.25, 0.3) is 0 Å². The third-order valence-corrected chi connectivity index (χ3v) is 3.46. The summed E-state index contributed by atoms with van der Waals surface area (Å²) in [6.07, 6.45) is 2.51. The molecular weight excluding hydrogens is 236 g/mol.